The second kappa shape index (κ2) is 9.93. The molecule has 3 amide bonds. The number of rotatable bonds is 8. The Morgan fingerprint density at radius 3 is 2.67 bits per heavy atom. The first-order chi connectivity index (χ1) is 13.0. The quantitative estimate of drug-likeness (QED) is 0.370. The number of hydrogen-bond acceptors (Lipinski definition) is 7. The van der Waals surface area contributed by atoms with Crippen molar-refractivity contribution in [3.05, 3.63) is 18.5 Å². The molecule has 0 aromatic carbocycles. The number of nitrogens with zero attached hydrogens (tertiary/aromatic N) is 3. The van der Waals surface area contributed by atoms with Crippen molar-refractivity contribution in [1.82, 2.24) is 20.3 Å². The smallest absolute Gasteiger partial charge is 0.272 e. The second-order valence-corrected chi connectivity index (χ2v) is 6.42. The van der Waals surface area contributed by atoms with Crippen molar-refractivity contribution in [2.45, 2.75) is 51.2 Å². The summed E-state index contributed by atoms with van der Waals surface area (Å²) in [6.07, 6.45) is 4.05. The van der Waals surface area contributed by atoms with E-state index >= 15 is 0 Å². The van der Waals surface area contributed by atoms with E-state index in [2.05, 4.69) is 15.3 Å². The third kappa shape index (κ3) is 5.20. The molecule has 0 saturated carbocycles. The van der Waals surface area contributed by atoms with Crippen LogP contribution >= 0.6 is 0 Å². The predicted molar refractivity (Wildman–Crippen MR) is 94.3 cm³/mol. The summed E-state index contributed by atoms with van der Waals surface area (Å²) in [4.78, 5) is 46.4. The zero-order chi connectivity index (χ0) is 19.8. The largest absolute Gasteiger partial charge is 0.382 e. The summed E-state index contributed by atoms with van der Waals surface area (Å²) in [7, 11) is 0. The highest BCUT2D eigenvalue weighted by Crippen LogP contribution is 2.25. The van der Waals surface area contributed by atoms with Gasteiger partial charge in [0.2, 0.25) is 17.8 Å². The van der Waals surface area contributed by atoms with E-state index in [9.17, 15) is 19.5 Å². The normalized spacial score (nSPS) is 18.6. The molecule has 10 nitrogen and oxygen atoms in total. The van der Waals surface area contributed by atoms with Crippen LogP contribution in [0.4, 0.5) is 5.95 Å². The van der Waals surface area contributed by atoms with Crippen molar-refractivity contribution < 1.29 is 24.7 Å². The molecule has 1 saturated heterocycles. The fourth-order valence-electron chi connectivity index (χ4n) is 3.16. The van der Waals surface area contributed by atoms with Gasteiger partial charge in [0.05, 0.1) is 5.92 Å². The number of aromatic nitrogens is 2. The first-order valence-corrected chi connectivity index (χ1v) is 9.00. The summed E-state index contributed by atoms with van der Waals surface area (Å²) in [5, 5.41) is 21.5. The molecular weight excluding hydrogens is 354 g/mol. The predicted octanol–water partition coefficient (Wildman–Crippen LogP) is 0.0788. The van der Waals surface area contributed by atoms with E-state index in [1.165, 1.54) is 22.8 Å². The first-order valence-electron chi connectivity index (χ1n) is 9.00. The van der Waals surface area contributed by atoms with Crippen molar-refractivity contribution in [3.8, 4) is 0 Å². The maximum absolute atomic E-state index is 13.0. The second-order valence-electron chi connectivity index (χ2n) is 6.42. The van der Waals surface area contributed by atoms with Gasteiger partial charge in [0.15, 0.2) is 0 Å². The number of likely N-dealkylation sites (tertiary alicyclic amines) is 1. The average Bonchev–Trinajstić information content (AvgIpc) is 3.18. The van der Waals surface area contributed by atoms with Gasteiger partial charge in [0.25, 0.3) is 5.91 Å². The van der Waals surface area contributed by atoms with Gasteiger partial charge in [-0.1, -0.05) is 19.8 Å². The van der Waals surface area contributed by atoms with Gasteiger partial charge >= 0.3 is 0 Å². The fourth-order valence-corrected chi connectivity index (χ4v) is 3.16. The van der Waals surface area contributed by atoms with Crippen LogP contribution in [0.5, 0.6) is 0 Å². The topological polar surface area (TPSA) is 145 Å². The highest BCUT2D eigenvalue weighted by molar-refractivity contribution is 5.97. The van der Waals surface area contributed by atoms with Gasteiger partial charge in [-0.25, -0.2) is 15.4 Å². The number of amides is 3. The minimum absolute atomic E-state index is 0.143. The van der Waals surface area contributed by atoms with E-state index < -0.39 is 35.8 Å². The van der Waals surface area contributed by atoms with Crippen LogP contribution in [0.25, 0.3) is 0 Å². The van der Waals surface area contributed by atoms with Crippen molar-refractivity contribution in [1.29, 1.82) is 0 Å². The van der Waals surface area contributed by atoms with E-state index in [0.29, 0.717) is 25.8 Å². The van der Waals surface area contributed by atoms with Gasteiger partial charge in [-0.05, 0) is 25.3 Å². The first kappa shape index (κ1) is 20.7. The molecule has 3 unspecified atom stereocenters. The highest BCUT2D eigenvalue weighted by Gasteiger charge is 2.41. The molecule has 0 bridgehead atoms. The van der Waals surface area contributed by atoms with Crippen molar-refractivity contribution >= 4 is 23.7 Å². The molecule has 1 aliphatic rings. The third-order valence-corrected chi connectivity index (χ3v) is 4.59. The Morgan fingerprint density at radius 1 is 1.33 bits per heavy atom. The number of hydroxylamine groups is 1. The fraction of sp³-hybridized carbons (Fsp3) is 0.588. The molecule has 1 fully saturated rings. The van der Waals surface area contributed by atoms with Crippen LogP contribution < -0.4 is 10.8 Å². The molecule has 0 radical (unpaired) electrons. The van der Waals surface area contributed by atoms with Crippen LogP contribution in [-0.2, 0) is 14.4 Å². The Bertz CT molecular complexity index is 656. The Balaban J connectivity index is 2.12. The molecule has 2 heterocycles. The molecule has 1 aromatic heterocycles. The minimum atomic E-state index is -1.68. The number of carbonyl (C=O) groups excluding carboxylic acids is 3. The zero-order valence-corrected chi connectivity index (χ0v) is 15.2. The molecule has 1 aromatic rings. The maximum Gasteiger partial charge on any atom is 0.272 e. The lowest BCUT2D eigenvalue weighted by Crippen LogP contribution is -2.50. The Labute approximate surface area is 156 Å². The van der Waals surface area contributed by atoms with Crippen LogP contribution in [-0.4, -0.2) is 61.6 Å². The lowest BCUT2D eigenvalue weighted by molar-refractivity contribution is -0.152. The van der Waals surface area contributed by atoms with Gasteiger partial charge in [-0.3, -0.25) is 24.9 Å². The molecule has 4 N–H and O–H groups in total. The van der Waals surface area contributed by atoms with Crippen molar-refractivity contribution in [2.24, 2.45) is 5.92 Å². The van der Waals surface area contributed by atoms with Crippen molar-refractivity contribution in [3.63, 3.8) is 0 Å². The zero-order valence-electron chi connectivity index (χ0n) is 15.2. The molecule has 1 aliphatic heterocycles. The number of hydrogen-bond donors (Lipinski definition) is 4. The minimum Gasteiger partial charge on any atom is -0.382 e. The summed E-state index contributed by atoms with van der Waals surface area (Å²) < 4.78 is 0. The van der Waals surface area contributed by atoms with Crippen LogP contribution in [0, 0.1) is 5.92 Å². The SMILES string of the molecule is CCCCC(C(=O)N1CCCC1C(=O)Nc1ncccn1)C(O)C(=O)NO. The molecule has 27 heavy (non-hydrogen) atoms. The Morgan fingerprint density at radius 2 is 2.04 bits per heavy atom. The summed E-state index contributed by atoms with van der Waals surface area (Å²) in [5.74, 6) is -2.82. The van der Waals surface area contributed by atoms with Crippen LogP contribution in [0.1, 0.15) is 39.0 Å². The number of anilines is 1. The molecule has 0 spiro atoms. The lowest BCUT2D eigenvalue weighted by Gasteiger charge is -2.29. The van der Waals surface area contributed by atoms with E-state index in [0.717, 1.165) is 6.42 Å². The van der Waals surface area contributed by atoms with Gasteiger partial charge in [0, 0.05) is 18.9 Å². The summed E-state index contributed by atoms with van der Waals surface area (Å²) in [6.45, 7) is 2.27. The van der Waals surface area contributed by atoms with E-state index in [1.807, 2.05) is 6.92 Å². The standard InChI is InChI=1S/C17H25N5O5/c1-2-3-6-11(13(23)15(25)21-27)16(26)22-10-4-7-12(22)14(24)20-17-18-8-5-9-19-17/h5,8-9,11-13,23,27H,2-4,6-7,10H2,1H3,(H,21,25)(H,18,19,20,24). The molecular formula is C17H25N5O5. The number of nitrogens with one attached hydrogen (secondary N) is 2. The Hall–Kier alpha value is -2.59. The number of carbonyl (C=O) groups is 3. The van der Waals surface area contributed by atoms with Crippen LogP contribution in [0.3, 0.4) is 0 Å². The van der Waals surface area contributed by atoms with Gasteiger partial charge in [-0.2, -0.15) is 0 Å². The van der Waals surface area contributed by atoms with Crippen LogP contribution in [0.2, 0.25) is 0 Å². The Kier molecular flexibility index (Phi) is 7.62. The van der Waals surface area contributed by atoms with E-state index in [-0.39, 0.29) is 12.4 Å². The lowest BCUT2D eigenvalue weighted by atomic mass is 9.93. The van der Waals surface area contributed by atoms with Crippen molar-refractivity contribution in [2.75, 3.05) is 11.9 Å². The summed E-state index contributed by atoms with van der Waals surface area (Å²) in [6, 6.07) is 0.891. The molecule has 148 valence electrons. The molecule has 2 rings (SSSR count). The number of aliphatic hydroxyl groups is 1. The number of unbranched alkanes of at least 4 members (excludes halogenated alkanes) is 1. The molecule has 10 heteroatoms. The maximum atomic E-state index is 13.0. The summed E-state index contributed by atoms with van der Waals surface area (Å²) >= 11 is 0. The highest BCUT2D eigenvalue weighted by atomic mass is 16.5. The van der Waals surface area contributed by atoms with Gasteiger partial charge < -0.3 is 10.0 Å². The van der Waals surface area contributed by atoms with Crippen LogP contribution in [0.15, 0.2) is 18.5 Å². The van der Waals surface area contributed by atoms with E-state index in [1.54, 1.807) is 6.07 Å². The molecule has 0 aliphatic carbocycles. The number of aliphatic hydroxyl groups excluding tert-OH is 1. The monoisotopic (exact) mass is 379 g/mol. The molecule has 3 atom stereocenters. The van der Waals surface area contributed by atoms with Gasteiger partial charge in [-0.15, -0.1) is 0 Å². The summed E-state index contributed by atoms with van der Waals surface area (Å²) in [5.41, 5.74) is 1.38. The van der Waals surface area contributed by atoms with Gasteiger partial charge in [0.1, 0.15) is 12.1 Å². The average molecular weight is 379 g/mol. The van der Waals surface area contributed by atoms with E-state index in [4.69, 9.17) is 5.21 Å². The third-order valence-electron chi connectivity index (χ3n) is 4.59.